The molecule has 2 rings (SSSR count). The van der Waals surface area contributed by atoms with Gasteiger partial charge < -0.3 is 4.74 Å². The Kier molecular flexibility index (Phi) is 5.63. The van der Waals surface area contributed by atoms with Crippen molar-refractivity contribution in [3.8, 4) is 5.69 Å². The molecule has 0 fully saturated rings. The Labute approximate surface area is 141 Å². The number of halogens is 2. The second-order valence-electron chi connectivity index (χ2n) is 4.60. The molecule has 0 aliphatic heterocycles. The fraction of sp³-hybridized carbons (Fsp3) is 0.267. The van der Waals surface area contributed by atoms with E-state index in [1.54, 1.807) is 31.2 Å². The first kappa shape index (κ1) is 17.3. The number of carbonyl (C=O) groups excluding carboxylic acids is 2. The van der Waals surface area contributed by atoms with Crippen LogP contribution in [0.15, 0.2) is 29.1 Å². The number of ketones is 1. The molecule has 0 spiro atoms. The Hall–Kier alpha value is -2.05. The van der Waals surface area contributed by atoms with E-state index < -0.39 is 17.3 Å². The van der Waals surface area contributed by atoms with Crippen LogP contribution in [0.2, 0.25) is 5.02 Å². The number of nitrogens with zero attached hydrogens (tertiary/aromatic N) is 1. The van der Waals surface area contributed by atoms with Gasteiger partial charge in [0.15, 0.2) is 5.78 Å². The molecule has 23 heavy (non-hydrogen) atoms. The molecule has 0 amide bonds. The zero-order valence-corrected chi connectivity index (χ0v) is 13.8. The number of aromatic nitrogens is 2. The number of ether oxygens (including phenoxy) is 1. The second-order valence-corrected chi connectivity index (χ2v) is 5.27. The summed E-state index contributed by atoms with van der Waals surface area (Å²) < 4.78 is 5.97. The number of benzene rings is 1. The molecular weight excluding hydrogens is 343 g/mol. The molecule has 1 aromatic carbocycles. The highest BCUT2D eigenvalue weighted by molar-refractivity contribution is 6.32. The quantitative estimate of drug-likeness (QED) is 0.489. The maximum Gasteiger partial charge on any atom is 0.311 e. The Morgan fingerprint density at radius 1 is 1.30 bits per heavy atom. The Bertz CT molecular complexity index is 795. The highest BCUT2D eigenvalue weighted by Crippen LogP contribution is 2.19. The van der Waals surface area contributed by atoms with Crippen molar-refractivity contribution in [1.29, 1.82) is 0 Å². The topological polar surface area (TPSA) is 81.2 Å². The first-order valence-corrected chi connectivity index (χ1v) is 7.74. The molecule has 1 aromatic heterocycles. The van der Waals surface area contributed by atoms with E-state index in [0.29, 0.717) is 10.7 Å². The summed E-state index contributed by atoms with van der Waals surface area (Å²) in [5.41, 5.74) is -0.243. The van der Waals surface area contributed by atoms with Crippen molar-refractivity contribution in [1.82, 2.24) is 9.78 Å². The van der Waals surface area contributed by atoms with E-state index in [-0.39, 0.29) is 30.2 Å². The van der Waals surface area contributed by atoms with Crippen molar-refractivity contribution >= 4 is 35.0 Å². The summed E-state index contributed by atoms with van der Waals surface area (Å²) >= 11 is 11.6. The minimum absolute atomic E-state index is 0.152. The average Bonchev–Trinajstić information content (AvgIpc) is 2.83. The van der Waals surface area contributed by atoms with Gasteiger partial charge in [0.25, 0.3) is 5.56 Å². The normalized spacial score (nSPS) is 10.6. The van der Waals surface area contributed by atoms with Crippen molar-refractivity contribution < 1.29 is 14.3 Å². The van der Waals surface area contributed by atoms with Crippen molar-refractivity contribution in [3.63, 3.8) is 0 Å². The van der Waals surface area contributed by atoms with E-state index in [0.717, 1.165) is 4.68 Å². The van der Waals surface area contributed by atoms with Gasteiger partial charge in [0, 0.05) is 0 Å². The number of hydrogen-bond acceptors (Lipinski definition) is 4. The average molecular weight is 357 g/mol. The van der Waals surface area contributed by atoms with Crippen LogP contribution in [0.5, 0.6) is 0 Å². The zero-order valence-electron chi connectivity index (χ0n) is 12.3. The number of alkyl halides is 1. The highest BCUT2D eigenvalue weighted by atomic mass is 35.5. The van der Waals surface area contributed by atoms with Crippen molar-refractivity contribution in [2.45, 2.75) is 13.3 Å². The van der Waals surface area contributed by atoms with Gasteiger partial charge in [0.2, 0.25) is 0 Å². The summed E-state index contributed by atoms with van der Waals surface area (Å²) in [6.45, 7) is 1.87. The Balaban J connectivity index is 2.56. The molecule has 0 unspecified atom stereocenters. The van der Waals surface area contributed by atoms with E-state index in [2.05, 4.69) is 5.10 Å². The first-order valence-electron chi connectivity index (χ1n) is 6.83. The third kappa shape index (κ3) is 3.65. The van der Waals surface area contributed by atoms with Crippen LogP contribution in [0.4, 0.5) is 0 Å². The number of Topliss-reactive ketones (excluding diaryl/α,β-unsaturated/α-hetero) is 1. The van der Waals surface area contributed by atoms with Gasteiger partial charge in [-0.25, -0.2) is 4.68 Å². The molecule has 6 nitrogen and oxygen atoms in total. The molecular formula is C15H14Cl2N2O4. The number of aromatic amines is 1. The predicted molar refractivity (Wildman–Crippen MR) is 86.8 cm³/mol. The van der Waals surface area contributed by atoms with E-state index in [1.807, 2.05) is 0 Å². The smallest absolute Gasteiger partial charge is 0.311 e. The van der Waals surface area contributed by atoms with E-state index >= 15 is 0 Å². The lowest BCUT2D eigenvalue weighted by molar-refractivity contribution is -0.142. The van der Waals surface area contributed by atoms with Crippen molar-refractivity contribution in [2.24, 2.45) is 0 Å². The molecule has 0 radical (unpaired) electrons. The molecule has 0 bridgehead atoms. The second kappa shape index (κ2) is 7.48. The molecule has 0 saturated carbocycles. The van der Waals surface area contributed by atoms with Crippen LogP contribution in [0, 0.1) is 0 Å². The number of para-hydroxylation sites is 1. The van der Waals surface area contributed by atoms with Gasteiger partial charge in [-0.05, 0) is 19.1 Å². The largest absolute Gasteiger partial charge is 0.466 e. The molecule has 0 aliphatic carbocycles. The minimum Gasteiger partial charge on any atom is -0.466 e. The minimum atomic E-state index is -0.608. The summed E-state index contributed by atoms with van der Waals surface area (Å²) in [7, 11) is 0. The molecule has 0 saturated heterocycles. The third-order valence-corrected chi connectivity index (χ3v) is 3.65. The highest BCUT2D eigenvalue weighted by Gasteiger charge is 2.23. The molecule has 1 heterocycles. The third-order valence-electron chi connectivity index (χ3n) is 3.09. The van der Waals surface area contributed by atoms with E-state index in [4.69, 9.17) is 27.9 Å². The lowest BCUT2D eigenvalue weighted by Gasteiger charge is -2.04. The maximum absolute atomic E-state index is 12.5. The van der Waals surface area contributed by atoms with Crippen LogP contribution >= 0.6 is 23.2 Å². The van der Waals surface area contributed by atoms with Gasteiger partial charge in [-0.2, -0.15) is 0 Å². The first-order chi connectivity index (χ1) is 11.0. The van der Waals surface area contributed by atoms with Crippen LogP contribution in [0.1, 0.15) is 23.0 Å². The van der Waals surface area contributed by atoms with E-state index in [9.17, 15) is 14.4 Å². The summed E-state index contributed by atoms with van der Waals surface area (Å²) in [6, 6.07) is 6.63. The fourth-order valence-corrected chi connectivity index (χ4v) is 2.48. The van der Waals surface area contributed by atoms with Gasteiger partial charge in [0.05, 0.1) is 35.3 Å². The van der Waals surface area contributed by atoms with Crippen molar-refractivity contribution in [2.75, 3.05) is 12.5 Å². The molecule has 8 heteroatoms. The van der Waals surface area contributed by atoms with Crippen molar-refractivity contribution in [3.05, 3.63) is 50.9 Å². The summed E-state index contributed by atoms with van der Waals surface area (Å²) in [6.07, 6.45) is -0.238. The number of esters is 1. The van der Waals surface area contributed by atoms with Crippen LogP contribution in [0.3, 0.4) is 0 Å². The fourth-order valence-electron chi connectivity index (χ4n) is 2.12. The lowest BCUT2D eigenvalue weighted by Crippen LogP contribution is -2.21. The van der Waals surface area contributed by atoms with Gasteiger partial charge in [-0.3, -0.25) is 19.5 Å². The number of hydrogen-bond donors (Lipinski definition) is 1. The van der Waals surface area contributed by atoms with Gasteiger partial charge in [0.1, 0.15) is 5.56 Å². The summed E-state index contributed by atoms with van der Waals surface area (Å²) in [5, 5.41) is 3.07. The molecule has 2 aromatic rings. The van der Waals surface area contributed by atoms with Crippen LogP contribution in [-0.4, -0.2) is 34.0 Å². The van der Waals surface area contributed by atoms with Gasteiger partial charge in [-0.15, -0.1) is 11.6 Å². The summed E-state index contributed by atoms with van der Waals surface area (Å²) in [5.74, 6) is -1.49. The number of nitrogens with one attached hydrogen (secondary N) is 1. The predicted octanol–water partition coefficient (Wildman–Crippen LogP) is 2.35. The van der Waals surface area contributed by atoms with Crippen LogP contribution < -0.4 is 5.56 Å². The maximum atomic E-state index is 12.5. The summed E-state index contributed by atoms with van der Waals surface area (Å²) in [4.78, 5) is 36.2. The van der Waals surface area contributed by atoms with Crippen LogP contribution in [-0.2, 0) is 16.0 Å². The lowest BCUT2D eigenvalue weighted by atomic mass is 10.1. The number of carbonyl (C=O) groups is 2. The standard InChI is InChI=1S/C15H14Cl2N2O4/c1-2-23-13(21)7-10-14(12(20)8-16)15(22)19(18-10)11-6-4-3-5-9(11)17/h3-6,18H,2,7-8H2,1H3. The SMILES string of the molecule is CCOC(=O)Cc1[nH]n(-c2ccccc2Cl)c(=O)c1C(=O)CCl. The zero-order chi connectivity index (χ0) is 17.0. The number of H-pyrrole nitrogens is 1. The molecule has 1 N–H and O–H groups in total. The molecule has 0 atom stereocenters. The monoisotopic (exact) mass is 356 g/mol. The molecule has 0 aliphatic rings. The Morgan fingerprint density at radius 2 is 2.00 bits per heavy atom. The van der Waals surface area contributed by atoms with Gasteiger partial charge in [-0.1, -0.05) is 23.7 Å². The van der Waals surface area contributed by atoms with Crippen LogP contribution in [0.25, 0.3) is 5.69 Å². The molecule has 122 valence electrons. The Morgan fingerprint density at radius 3 is 2.61 bits per heavy atom. The van der Waals surface area contributed by atoms with E-state index in [1.165, 1.54) is 0 Å². The number of rotatable bonds is 6. The van der Waals surface area contributed by atoms with Gasteiger partial charge >= 0.3 is 5.97 Å².